The van der Waals surface area contributed by atoms with Crippen LogP contribution in [0.4, 0.5) is 11.4 Å². The number of rotatable bonds is 5. The third-order valence-corrected chi connectivity index (χ3v) is 3.06. The Bertz CT molecular complexity index is 647. The molecule has 0 aromatic heterocycles. The molecule has 0 bridgehead atoms. The van der Waals surface area contributed by atoms with E-state index < -0.39 is 0 Å². The topological polar surface area (TPSA) is 76.8 Å². The summed E-state index contributed by atoms with van der Waals surface area (Å²) in [4.78, 5) is 8.85. The highest BCUT2D eigenvalue weighted by molar-refractivity contribution is 5.87. The van der Waals surface area contributed by atoms with Crippen LogP contribution < -0.4 is 11.5 Å². The Hall–Kier alpha value is -2.62. The van der Waals surface area contributed by atoms with Crippen LogP contribution in [-0.4, -0.2) is 25.0 Å². The fourth-order valence-electron chi connectivity index (χ4n) is 1.82. The van der Waals surface area contributed by atoms with Crippen molar-refractivity contribution < 1.29 is 0 Å². The molecule has 0 unspecified atom stereocenters. The molecule has 0 radical (unpaired) electrons. The Kier molecular flexibility index (Phi) is 5.10. The van der Waals surface area contributed by atoms with E-state index in [1.807, 2.05) is 55.5 Å². The number of anilines is 2. The van der Waals surface area contributed by atoms with Gasteiger partial charge in [-0.3, -0.25) is 9.98 Å². The first-order valence-electron chi connectivity index (χ1n) is 6.89. The van der Waals surface area contributed by atoms with Crippen LogP contribution in [0.25, 0.3) is 0 Å². The van der Waals surface area contributed by atoms with Crippen molar-refractivity contribution >= 4 is 23.8 Å². The first-order valence-corrected chi connectivity index (χ1v) is 6.89. The number of nitrogens with two attached hydrogens (primary N) is 2. The van der Waals surface area contributed by atoms with Gasteiger partial charge in [0.15, 0.2) is 0 Å². The molecule has 108 valence electrons. The van der Waals surface area contributed by atoms with Crippen LogP contribution in [0.1, 0.15) is 18.1 Å². The van der Waals surface area contributed by atoms with Gasteiger partial charge in [0.1, 0.15) is 0 Å². The van der Waals surface area contributed by atoms with Gasteiger partial charge in [-0.15, -0.1) is 0 Å². The van der Waals surface area contributed by atoms with E-state index in [1.54, 1.807) is 12.4 Å². The van der Waals surface area contributed by atoms with Crippen LogP contribution in [0.3, 0.4) is 0 Å². The molecular weight excluding hydrogens is 260 g/mol. The number of para-hydroxylation sites is 2. The van der Waals surface area contributed by atoms with Crippen molar-refractivity contribution in [3.05, 3.63) is 59.7 Å². The third-order valence-electron chi connectivity index (χ3n) is 3.06. The lowest BCUT2D eigenvalue weighted by atomic mass is 10.2. The minimum atomic E-state index is 0.0887. The van der Waals surface area contributed by atoms with E-state index in [0.29, 0.717) is 6.54 Å². The number of nitrogen functional groups attached to an aromatic ring is 2. The molecule has 0 saturated heterocycles. The predicted octanol–water partition coefficient (Wildman–Crippen LogP) is 2.78. The van der Waals surface area contributed by atoms with Gasteiger partial charge in [-0.1, -0.05) is 36.4 Å². The predicted molar refractivity (Wildman–Crippen MR) is 91.2 cm³/mol. The Balaban J connectivity index is 1.92. The van der Waals surface area contributed by atoms with Crippen LogP contribution >= 0.6 is 0 Å². The maximum absolute atomic E-state index is 5.86. The first kappa shape index (κ1) is 14.8. The highest BCUT2D eigenvalue weighted by Crippen LogP contribution is 2.09. The second-order valence-electron chi connectivity index (χ2n) is 4.88. The van der Waals surface area contributed by atoms with Crippen molar-refractivity contribution in [1.82, 2.24) is 0 Å². The molecule has 0 amide bonds. The van der Waals surface area contributed by atoms with Crippen LogP contribution in [-0.2, 0) is 0 Å². The highest BCUT2D eigenvalue weighted by atomic mass is 14.8. The monoisotopic (exact) mass is 280 g/mol. The standard InChI is InChI=1S/C17H20N4/c1-13(21-12-15-7-3-5-9-17(15)19)10-20-11-14-6-2-4-8-16(14)18/h2-9,11-13H,10,18-19H2,1H3/t13-/m1/s1. The van der Waals surface area contributed by atoms with Crippen molar-refractivity contribution in [3.8, 4) is 0 Å². The SMILES string of the molecule is C[C@H](CN=Cc1ccccc1N)N=Cc1ccccc1N. The largest absolute Gasteiger partial charge is 0.398 e. The van der Waals surface area contributed by atoms with Crippen LogP contribution in [0, 0.1) is 0 Å². The summed E-state index contributed by atoms with van der Waals surface area (Å²) in [5.41, 5.74) is 15.0. The lowest BCUT2D eigenvalue weighted by Crippen LogP contribution is -2.05. The maximum atomic E-state index is 5.86. The number of nitrogens with zero attached hydrogens (tertiary/aromatic N) is 2. The zero-order chi connectivity index (χ0) is 15.1. The number of hydrogen-bond donors (Lipinski definition) is 2. The average molecular weight is 280 g/mol. The summed E-state index contributed by atoms with van der Waals surface area (Å²) in [6.07, 6.45) is 3.59. The zero-order valence-corrected chi connectivity index (χ0v) is 12.1. The van der Waals surface area contributed by atoms with Gasteiger partial charge < -0.3 is 11.5 Å². The molecule has 21 heavy (non-hydrogen) atoms. The van der Waals surface area contributed by atoms with Gasteiger partial charge in [0.2, 0.25) is 0 Å². The lowest BCUT2D eigenvalue weighted by Gasteiger charge is -2.03. The van der Waals surface area contributed by atoms with E-state index in [2.05, 4.69) is 9.98 Å². The minimum Gasteiger partial charge on any atom is -0.398 e. The van der Waals surface area contributed by atoms with E-state index in [0.717, 1.165) is 22.5 Å². The summed E-state index contributed by atoms with van der Waals surface area (Å²) in [5.74, 6) is 0. The fourth-order valence-corrected chi connectivity index (χ4v) is 1.82. The third kappa shape index (κ3) is 4.45. The van der Waals surface area contributed by atoms with Crippen LogP contribution in [0.2, 0.25) is 0 Å². The summed E-state index contributed by atoms with van der Waals surface area (Å²) in [5, 5.41) is 0. The van der Waals surface area contributed by atoms with Crippen molar-refractivity contribution in [1.29, 1.82) is 0 Å². The Morgan fingerprint density at radius 1 is 0.905 bits per heavy atom. The molecule has 4 nitrogen and oxygen atoms in total. The van der Waals surface area contributed by atoms with E-state index in [4.69, 9.17) is 11.5 Å². The quantitative estimate of drug-likeness (QED) is 0.652. The van der Waals surface area contributed by atoms with Gasteiger partial charge in [-0.2, -0.15) is 0 Å². The summed E-state index contributed by atoms with van der Waals surface area (Å²) < 4.78 is 0. The molecule has 2 aromatic carbocycles. The molecule has 0 aliphatic rings. The summed E-state index contributed by atoms with van der Waals surface area (Å²) in [6.45, 7) is 2.62. The molecule has 0 spiro atoms. The smallest absolute Gasteiger partial charge is 0.0666 e. The second kappa shape index (κ2) is 7.24. The van der Waals surface area contributed by atoms with E-state index in [-0.39, 0.29) is 6.04 Å². The lowest BCUT2D eigenvalue weighted by molar-refractivity contribution is 0.761. The maximum Gasteiger partial charge on any atom is 0.0666 e. The van der Waals surface area contributed by atoms with Gasteiger partial charge >= 0.3 is 0 Å². The van der Waals surface area contributed by atoms with Crippen molar-refractivity contribution in [2.45, 2.75) is 13.0 Å². The molecule has 2 rings (SSSR count). The van der Waals surface area contributed by atoms with Crippen molar-refractivity contribution in [2.75, 3.05) is 18.0 Å². The molecule has 1 atom stereocenters. The molecule has 0 aliphatic carbocycles. The first-order chi connectivity index (χ1) is 10.2. The number of benzene rings is 2. The van der Waals surface area contributed by atoms with Crippen LogP contribution in [0.5, 0.6) is 0 Å². The summed E-state index contributed by atoms with van der Waals surface area (Å²) in [6, 6.07) is 15.4. The number of aliphatic imine (C=N–C) groups is 2. The average Bonchev–Trinajstić information content (AvgIpc) is 2.48. The molecule has 4 N–H and O–H groups in total. The van der Waals surface area contributed by atoms with Gasteiger partial charge in [0.25, 0.3) is 0 Å². The summed E-state index contributed by atoms with van der Waals surface area (Å²) in [7, 11) is 0. The van der Waals surface area contributed by atoms with Gasteiger partial charge in [-0.05, 0) is 19.1 Å². The number of hydrogen-bond acceptors (Lipinski definition) is 4. The molecule has 4 heteroatoms. The normalized spacial score (nSPS) is 13.0. The van der Waals surface area contributed by atoms with Gasteiger partial charge in [0, 0.05) is 34.9 Å². The summed E-state index contributed by atoms with van der Waals surface area (Å²) >= 11 is 0. The molecule has 0 fully saturated rings. The van der Waals surface area contributed by atoms with Crippen molar-refractivity contribution in [2.24, 2.45) is 9.98 Å². The van der Waals surface area contributed by atoms with E-state index in [9.17, 15) is 0 Å². The van der Waals surface area contributed by atoms with Crippen molar-refractivity contribution in [3.63, 3.8) is 0 Å². The fraction of sp³-hybridized carbons (Fsp3) is 0.176. The van der Waals surface area contributed by atoms with Gasteiger partial charge in [-0.25, -0.2) is 0 Å². The molecule has 2 aromatic rings. The Labute approximate surface area is 125 Å². The zero-order valence-electron chi connectivity index (χ0n) is 12.1. The molecule has 0 saturated carbocycles. The Morgan fingerprint density at radius 2 is 1.43 bits per heavy atom. The van der Waals surface area contributed by atoms with Gasteiger partial charge in [0.05, 0.1) is 12.6 Å². The van der Waals surface area contributed by atoms with E-state index >= 15 is 0 Å². The molecular formula is C17H20N4. The highest BCUT2D eigenvalue weighted by Gasteiger charge is 1.98. The second-order valence-corrected chi connectivity index (χ2v) is 4.88. The molecule has 0 aliphatic heterocycles. The Morgan fingerprint density at radius 3 is 2.00 bits per heavy atom. The van der Waals surface area contributed by atoms with Crippen LogP contribution in [0.15, 0.2) is 58.5 Å². The minimum absolute atomic E-state index is 0.0887. The van der Waals surface area contributed by atoms with E-state index in [1.165, 1.54) is 0 Å². The molecule has 0 heterocycles.